The van der Waals surface area contributed by atoms with Gasteiger partial charge >= 0.3 is 6.09 Å². The lowest BCUT2D eigenvalue weighted by molar-refractivity contribution is -0.124. The molecule has 19 heavy (non-hydrogen) atoms. The maximum Gasteiger partial charge on any atom is 0.417 e. The van der Waals surface area contributed by atoms with Crippen molar-refractivity contribution in [3.63, 3.8) is 0 Å². The van der Waals surface area contributed by atoms with Crippen molar-refractivity contribution in [2.45, 2.75) is 53.1 Å². The standard InChI is InChI=1S/C15H25NO3/c1-6-8-9-10-12-16(13(17)11-7-2)14(18)19-15(3,4)5/h7,9-11H,6,8,12H2,1-5H3/b10-9+,11-7+. The predicted octanol–water partition coefficient (Wildman–Crippen LogP) is 3.68. The molecule has 0 fully saturated rings. The Morgan fingerprint density at radius 3 is 2.32 bits per heavy atom. The van der Waals surface area contributed by atoms with Crippen LogP contribution in [0, 0.1) is 0 Å². The van der Waals surface area contributed by atoms with Crippen molar-refractivity contribution in [3.8, 4) is 0 Å². The number of imide groups is 1. The molecular weight excluding hydrogens is 242 g/mol. The Hall–Kier alpha value is -1.58. The molecule has 0 saturated heterocycles. The van der Waals surface area contributed by atoms with Crippen LogP contribution in [0.5, 0.6) is 0 Å². The fraction of sp³-hybridized carbons (Fsp3) is 0.600. The SMILES string of the molecule is C/C=C/C(=O)N(C/C=C/CCC)C(=O)OC(C)(C)C. The molecule has 0 saturated carbocycles. The van der Waals surface area contributed by atoms with E-state index >= 15 is 0 Å². The second-order valence-corrected chi connectivity index (χ2v) is 5.19. The van der Waals surface area contributed by atoms with Gasteiger partial charge in [0.15, 0.2) is 0 Å². The molecule has 0 spiro atoms. The summed E-state index contributed by atoms with van der Waals surface area (Å²) in [5.74, 6) is -0.363. The van der Waals surface area contributed by atoms with E-state index in [9.17, 15) is 9.59 Å². The van der Waals surface area contributed by atoms with Crippen LogP contribution in [-0.2, 0) is 9.53 Å². The molecule has 0 aliphatic carbocycles. The smallest absolute Gasteiger partial charge is 0.417 e. The van der Waals surface area contributed by atoms with Gasteiger partial charge in [0.1, 0.15) is 5.60 Å². The molecule has 0 heterocycles. The average molecular weight is 267 g/mol. The third-order valence-electron chi connectivity index (χ3n) is 2.10. The normalized spacial score (nSPS) is 12.1. The van der Waals surface area contributed by atoms with Crippen LogP contribution in [0.2, 0.25) is 0 Å². The van der Waals surface area contributed by atoms with E-state index in [0.717, 1.165) is 17.7 Å². The van der Waals surface area contributed by atoms with E-state index in [1.165, 1.54) is 6.08 Å². The minimum Gasteiger partial charge on any atom is -0.443 e. The maximum atomic E-state index is 12.0. The Bertz CT molecular complexity index is 351. The number of carbonyl (C=O) groups is 2. The lowest BCUT2D eigenvalue weighted by Crippen LogP contribution is -2.40. The molecule has 0 aromatic carbocycles. The van der Waals surface area contributed by atoms with Crippen molar-refractivity contribution >= 4 is 12.0 Å². The molecule has 2 amide bonds. The topological polar surface area (TPSA) is 46.6 Å². The van der Waals surface area contributed by atoms with E-state index in [1.807, 2.05) is 12.2 Å². The van der Waals surface area contributed by atoms with Gasteiger partial charge in [0.2, 0.25) is 0 Å². The average Bonchev–Trinajstić information content (AvgIpc) is 2.26. The van der Waals surface area contributed by atoms with Gasteiger partial charge in [-0.2, -0.15) is 0 Å². The largest absolute Gasteiger partial charge is 0.443 e. The zero-order valence-corrected chi connectivity index (χ0v) is 12.6. The molecule has 0 N–H and O–H groups in total. The number of unbranched alkanes of at least 4 members (excludes halogenated alkanes) is 1. The predicted molar refractivity (Wildman–Crippen MR) is 76.8 cm³/mol. The molecule has 0 aromatic heterocycles. The fourth-order valence-electron chi connectivity index (χ4n) is 1.27. The summed E-state index contributed by atoms with van der Waals surface area (Å²) in [7, 11) is 0. The molecule has 4 heteroatoms. The first-order valence-corrected chi connectivity index (χ1v) is 6.64. The highest BCUT2D eigenvalue weighted by molar-refractivity contribution is 5.98. The molecule has 4 nitrogen and oxygen atoms in total. The van der Waals surface area contributed by atoms with E-state index in [-0.39, 0.29) is 12.5 Å². The van der Waals surface area contributed by atoms with E-state index in [1.54, 1.807) is 33.8 Å². The summed E-state index contributed by atoms with van der Waals surface area (Å²) in [6, 6.07) is 0. The van der Waals surface area contributed by atoms with Gasteiger partial charge < -0.3 is 4.74 Å². The van der Waals surface area contributed by atoms with E-state index < -0.39 is 11.7 Å². The zero-order chi connectivity index (χ0) is 14.9. The van der Waals surface area contributed by atoms with Gasteiger partial charge in [-0.3, -0.25) is 4.79 Å². The van der Waals surface area contributed by atoms with Gasteiger partial charge in [0, 0.05) is 0 Å². The van der Waals surface area contributed by atoms with Gasteiger partial charge in [-0.15, -0.1) is 0 Å². The monoisotopic (exact) mass is 267 g/mol. The van der Waals surface area contributed by atoms with Crippen LogP contribution >= 0.6 is 0 Å². The molecule has 0 atom stereocenters. The number of nitrogens with zero attached hydrogens (tertiary/aromatic N) is 1. The minimum absolute atomic E-state index is 0.234. The summed E-state index contributed by atoms with van der Waals surface area (Å²) in [5, 5.41) is 0. The van der Waals surface area contributed by atoms with Crippen LogP contribution in [-0.4, -0.2) is 29.0 Å². The highest BCUT2D eigenvalue weighted by Gasteiger charge is 2.24. The van der Waals surface area contributed by atoms with Crippen molar-refractivity contribution < 1.29 is 14.3 Å². The van der Waals surface area contributed by atoms with Crippen molar-refractivity contribution in [1.82, 2.24) is 4.90 Å². The molecule has 0 rings (SSSR count). The molecule has 0 aromatic rings. The first-order chi connectivity index (χ1) is 8.81. The second kappa shape index (κ2) is 8.51. The number of rotatable bonds is 5. The third-order valence-corrected chi connectivity index (χ3v) is 2.10. The summed E-state index contributed by atoms with van der Waals surface area (Å²) in [6.07, 6.45) is 8.09. The Labute approximate surface area is 116 Å². The summed E-state index contributed by atoms with van der Waals surface area (Å²) in [6.45, 7) is 9.36. The minimum atomic E-state index is -0.614. The molecular formula is C15H25NO3. The number of hydrogen-bond donors (Lipinski definition) is 0. The van der Waals surface area contributed by atoms with Crippen molar-refractivity contribution in [2.24, 2.45) is 0 Å². The summed E-state index contributed by atoms with van der Waals surface area (Å²) in [5.41, 5.74) is -0.612. The van der Waals surface area contributed by atoms with Gasteiger partial charge in [-0.1, -0.05) is 31.6 Å². The number of carbonyl (C=O) groups excluding carboxylic acids is 2. The Balaban J connectivity index is 4.76. The summed E-state index contributed by atoms with van der Waals surface area (Å²) < 4.78 is 5.22. The fourth-order valence-corrected chi connectivity index (χ4v) is 1.27. The zero-order valence-electron chi connectivity index (χ0n) is 12.6. The molecule has 0 aliphatic rings. The lowest BCUT2D eigenvalue weighted by Gasteiger charge is -2.24. The first kappa shape index (κ1) is 17.4. The Kier molecular flexibility index (Phi) is 7.80. The highest BCUT2D eigenvalue weighted by atomic mass is 16.6. The van der Waals surface area contributed by atoms with Crippen molar-refractivity contribution in [2.75, 3.05) is 6.54 Å². The number of allylic oxidation sites excluding steroid dienone is 2. The number of hydrogen-bond acceptors (Lipinski definition) is 3. The molecule has 0 radical (unpaired) electrons. The first-order valence-electron chi connectivity index (χ1n) is 6.64. The number of amides is 2. The van der Waals surface area contributed by atoms with Crippen LogP contribution in [0.4, 0.5) is 4.79 Å². The molecule has 0 unspecified atom stereocenters. The quantitative estimate of drug-likeness (QED) is 0.564. The summed E-state index contributed by atoms with van der Waals surface area (Å²) >= 11 is 0. The Morgan fingerprint density at radius 1 is 1.21 bits per heavy atom. The second-order valence-electron chi connectivity index (χ2n) is 5.19. The van der Waals surface area contributed by atoms with E-state index in [0.29, 0.717) is 0 Å². The van der Waals surface area contributed by atoms with Gasteiger partial charge in [0.05, 0.1) is 6.54 Å². The molecule has 0 aliphatic heterocycles. The Morgan fingerprint density at radius 2 is 1.84 bits per heavy atom. The van der Waals surface area contributed by atoms with Gasteiger partial charge in [-0.05, 0) is 40.2 Å². The molecule has 108 valence electrons. The molecule has 0 bridgehead atoms. The van der Waals surface area contributed by atoms with Crippen LogP contribution in [0.1, 0.15) is 47.5 Å². The number of ether oxygens (including phenoxy) is 1. The van der Waals surface area contributed by atoms with Gasteiger partial charge in [-0.25, -0.2) is 9.69 Å². The van der Waals surface area contributed by atoms with Crippen molar-refractivity contribution in [1.29, 1.82) is 0 Å². The third kappa shape index (κ3) is 8.19. The van der Waals surface area contributed by atoms with E-state index in [4.69, 9.17) is 4.74 Å². The maximum absolute atomic E-state index is 12.0. The van der Waals surface area contributed by atoms with Crippen molar-refractivity contribution in [3.05, 3.63) is 24.3 Å². The van der Waals surface area contributed by atoms with Crippen LogP contribution < -0.4 is 0 Å². The lowest BCUT2D eigenvalue weighted by atomic mass is 10.2. The van der Waals surface area contributed by atoms with Gasteiger partial charge in [0.25, 0.3) is 5.91 Å². The van der Waals surface area contributed by atoms with E-state index in [2.05, 4.69) is 6.92 Å². The van der Waals surface area contributed by atoms with Crippen LogP contribution in [0.3, 0.4) is 0 Å². The van der Waals surface area contributed by atoms with Crippen LogP contribution in [0.25, 0.3) is 0 Å². The summed E-state index contributed by atoms with van der Waals surface area (Å²) in [4.78, 5) is 24.9. The highest BCUT2D eigenvalue weighted by Crippen LogP contribution is 2.10. The van der Waals surface area contributed by atoms with Crippen LogP contribution in [0.15, 0.2) is 24.3 Å².